The molecule has 0 bridgehead atoms. The highest BCUT2D eigenvalue weighted by molar-refractivity contribution is 9.10. The number of halogens is 1. The second-order valence-corrected chi connectivity index (χ2v) is 12.5. The van der Waals surface area contributed by atoms with Crippen LogP contribution in [0, 0.1) is 6.92 Å². The van der Waals surface area contributed by atoms with Crippen LogP contribution in [0.4, 0.5) is 5.69 Å². The Kier molecular flexibility index (Phi) is 9.97. The molecule has 1 aliphatic rings. The van der Waals surface area contributed by atoms with Crippen molar-refractivity contribution in [2.75, 3.05) is 11.5 Å². The third-order valence-electron chi connectivity index (χ3n) is 8.64. The van der Waals surface area contributed by atoms with Gasteiger partial charge < -0.3 is 14.4 Å². The van der Waals surface area contributed by atoms with Crippen LogP contribution in [-0.4, -0.2) is 24.5 Å². The first-order valence-electron chi connectivity index (χ1n) is 15.8. The Morgan fingerprint density at radius 2 is 1.43 bits per heavy atom. The van der Waals surface area contributed by atoms with E-state index in [0.29, 0.717) is 17.8 Å². The predicted molar refractivity (Wildman–Crippen MR) is 188 cm³/mol. The molecular weight excluding hydrogens is 652 g/mol. The maximum absolute atomic E-state index is 15.2. The van der Waals surface area contributed by atoms with Gasteiger partial charge in [0.15, 0.2) is 5.60 Å². The highest BCUT2D eigenvalue weighted by atomic mass is 79.9. The summed E-state index contributed by atoms with van der Waals surface area (Å²) >= 11 is 3.63. The van der Waals surface area contributed by atoms with E-state index in [1.165, 1.54) is 0 Å². The molecule has 1 N–H and O–H groups in total. The van der Waals surface area contributed by atoms with E-state index in [2.05, 4.69) is 21.2 Å². The summed E-state index contributed by atoms with van der Waals surface area (Å²) in [6, 6.07) is 41.6. The molecule has 0 radical (unpaired) electrons. The Morgan fingerprint density at radius 3 is 2.04 bits per heavy atom. The Hall–Kier alpha value is -4.56. The summed E-state index contributed by atoms with van der Waals surface area (Å²) in [6.45, 7) is 4.32. The average molecular weight is 690 g/mol. The zero-order valence-electron chi connectivity index (χ0n) is 26.4. The van der Waals surface area contributed by atoms with Gasteiger partial charge in [-0.05, 0) is 53.8 Å². The van der Waals surface area contributed by atoms with E-state index in [4.69, 9.17) is 9.47 Å². The van der Waals surface area contributed by atoms with Gasteiger partial charge in [0.1, 0.15) is 6.04 Å². The van der Waals surface area contributed by atoms with Crippen molar-refractivity contribution in [3.05, 3.63) is 171 Å². The molecule has 0 aliphatic carbocycles. The summed E-state index contributed by atoms with van der Waals surface area (Å²) in [4.78, 5) is 31.3. The van der Waals surface area contributed by atoms with Gasteiger partial charge in [0, 0.05) is 10.0 Å². The number of anilines is 1. The van der Waals surface area contributed by atoms with Gasteiger partial charge in [-0.2, -0.15) is 0 Å². The lowest BCUT2D eigenvalue weighted by Gasteiger charge is -2.38. The fourth-order valence-electron chi connectivity index (χ4n) is 6.28. The van der Waals surface area contributed by atoms with Gasteiger partial charge in [-0.1, -0.05) is 137 Å². The predicted octanol–water partition coefficient (Wildman–Crippen LogP) is 8.03. The van der Waals surface area contributed by atoms with Crippen LogP contribution in [0.15, 0.2) is 138 Å². The zero-order chi connectivity index (χ0) is 32.8. The lowest BCUT2D eigenvalue weighted by atomic mass is 9.85. The molecular formula is C40H37BrN2O4. The normalized spacial score (nSPS) is 16.3. The summed E-state index contributed by atoms with van der Waals surface area (Å²) in [5, 5.41) is 3.62. The lowest BCUT2D eigenvalue weighted by molar-refractivity contribution is -0.169. The van der Waals surface area contributed by atoms with Crippen molar-refractivity contribution in [3.8, 4) is 0 Å². The molecule has 0 spiro atoms. The maximum atomic E-state index is 15.2. The molecule has 1 heterocycles. The van der Waals surface area contributed by atoms with Crippen molar-refractivity contribution in [2.45, 2.75) is 44.7 Å². The molecule has 0 fully saturated rings. The van der Waals surface area contributed by atoms with Crippen molar-refractivity contribution in [1.29, 1.82) is 0 Å². The third kappa shape index (κ3) is 6.65. The molecule has 0 unspecified atom stereocenters. The average Bonchev–Trinajstić information content (AvgIpc) is 3.32. The van der Waals surface area contributed by atoms with E-state index < -0.39 is 23.7 Å². The van der Waals surface area contributed by atoms with E-state index in [0.717, 1.165) is 32.3 Å². The minimum absolute atomic E-state index is 0.103. The van der Waals surface area contributed by atoms with Crippen molar-refractivity contribution in [3.63, 3.8) is 0 Å². The topological polar surface area (TPSA) is 67.9 Å². The molecule has 0 aromatic heterocycles. The molecule has 47 heavy (non-hydrogen) atoms. The van der Waals surface area contributed by atoms with Gasteiger partial charge in [-0.15, -0.1) is 0 Å². The van der Waals surface area contributed by atoms with Crippen LogP contribution in [-0.2, 0) is 37.8 Å². The molecule has 1 amide bonds. The first-order valence-corrected chi connectivity index (χ1v) is 16.6. The fourth-order valence-corrected chi connectivity index (χ4v) is 6.62. The minimum Gasteiger partial charge on any atom is -0.465 e. The number of nitrogens with zero attached hydrogens (tertiary/aromatic N) is 1. The van der Waals surface area contributed by atoms with Crippen LogP contribution in [0.5, 0.6) is 0 Å². The highest BCUT2D eigenvalue weighted by Gasteiger charge is 2.60. The van der Waals surface area contributed by atoms with Crippen LogP contribution in [0.25, 0.3) is 0 Å². The van der Waals surface area contributed by atoms with E-state index in [-0.39, 0.29) is 19.1 Å². The largest absolute Gasteiger partial charge is 0.465 e. The number of aryl methyl sites for hydroxylation is 1. The Morgan fingerprint density at radius 1 is 0.830 bits per heavy atom. The number of benzene rings is 5. The molecule has 238 valence electrons. The van der Waals surface area contributed by atoms with Crippen LogP contribution in [0.1, 0.15) is 46.3 Å². The highest BCUT2D eigenvalue weighted by Crippen LogP contribution is 2.48. The number of ether oxygens (including phenoxy) is 2. The molecule has 6 nitrogen and oxygen atoms in total. The van der Waals surface area contributed by atoms with Gasteiger partial charge in [0.05, 0.1) is 31.5 Å². The van der Waals surface area contributed by atoms with Crippen molar-refractivity contribution in [2.24, 2.45) is 0 Å². The van der Waals surface area contributed by atoms with E-state index in [1.807, 2.05) is 140 Å². The number of amides is 1. The fraction of sp³-hybridized carbons (Fsp3) is 0.200. The van der Waals surface area contributed by atoms with Gasteiger partial charge in [-0.25, -0.2) is 0 Å². The summed E-state index contributed by atoms with van der Waals surface area (Å²) in [6.07, 6.45) is 0. The summed E-state index contributed by atoms with van der Waals surface area (Å²) in [5.74, 6) is -0.911. The smallest absolute Gasteiger partial charge is 0.327 e. The minimum atomic E-state index is -1.76. The maximum Gasteiger partial charge on any atom is 0.327 e. The van der Waals surface area contributed by atoms with Crippen LogP contribution in [0.3, 0.4) is 0 Å². The Balaban J connectivity index is 1.55. The number of hydrogen-bond acceptors (Lipinski definition) is 5. The van der Waals surface area contributed by atoms with Crippen LogP contribution >= 0.6 is 15.9 Å². The second-order valence-electron chi connectivity index (χ2n) is 11.6. The monoisotopic (exact) mass is 688 g/mol. The Labute approximate surface area is 284 Å². The quantitative estimate of drug-likeness (QED) is 0.135. The van der Waals surface area contributed by atoms with Crippen molar-refractivity contribution < 1.29 is 19.1 Å². The number of esters is 1. The third-order valence-corrected chi connectivity index (χ3v) is 9.13. The molecule has 6 rings (SSSR count). The van der Waals surface area contributed by atoms with E-state index >= 15 is 4.79 Å². The van der Waals surface area contributed by atoms with Crippen LogP contribution < -0.4 is 10.2 Å². The van der Waals surface area contributed by atoms with Gasteiger partial charge in [0.25, 0.3) is 5.91 Å². The molecule has 1 aliphatic heterocycles. The summed E-state index contributed by atoms with van der Waals surface area (Å²) < 4.78 is 13.5. The molecule has 0 saturated heterocycles. The standard InChI is InChI=1S/C40H37BrN2O4/c1-3-46-38(44)37(42-36(30-18-9-5-10-19-30)31-20-11-6-12-21-31)40(47-27-32-22-14-13-15-28(32)2)34-24-23-33(41)25-35(34)43(39(40)45)26-29-16-7-4-8-17-29/h4-25,36-37,42H,3,26-27H2,1-2H3/t37-,40-/m0/s1. The van der Waals surface area contributed by atoms with E-state index in [9.17, 15) is 4.79 Å². The van der Waals surface area contributed by atoms with Crippen molar-refractivity contribution in [1.82, 2.24) is 5.32 Å². The molecule has 7 heteroatoms. The molecule has 5 aromatic carbocycles. The number of hydrogen-bond donors (Lipinski definition) is 1. The summed E-state index contributed by atoms with van der Waals surface area (Å²) in [7, 11) is 0. The van der Waals surface area contributed by atoms with Gasteiger partial charge in [-0.3, -0.25) is 14.9 Å². The summed E-state index contributed by atoms with van der Waals surface area (Å²) in [5.41, 5.74) is 4.28. The number of carbonyl (C=O) groups is 2. The van der Waals surface area contributed by atoms with Crippen LogP contribution in [0.2, 0.25) is 0 Å². The zero-order valence-corrected chi connectivity index (χ0v) is 28.0. The second kappa shape index (κ2) is 14.5. The first-order chi connectivity index (χ1) is 22.9. The molecule has 5 aromatic rings. The molecule has 0 saturated carbocycles. The number of nitrogens with one attached hydrogen (secondary N) is 1. The lowest BCUT2D eigenvalue weighted by Crippen LogP contribution is -2.60. The first kappa shape index (κ1) is 32.4. The SMILES string of the molecule is CCOC(=O)[C@H](NC(c1ccccc1)c1ccccc1)[C@]1(OCc2ccccc2C)C(=O)N(Cc2ccccc2)c2cc(Br)ccc21. The van der Waals surface area contributed by atoms with Gasteiger partial charge >= 0.3 is 5.97 Å². The van der Waals surface area contributed by atoms with Crippen molar-refractivity contribution >= 4 is 33.5 Å². The Bertz CT molecular complexity index is 1790. The number of carbonyl (C=O) groups excluding carboxylic acids is 2. The number of fused-ring (bicyclic) bond motifs is 1. The van der Waals surface area contributed by atoms with Gasteiger partial charge in [0.2, 0.25) is 0 Å². The van der Waals surface area contributed by atoms with E-state index in [1.54, 1.807) is 11.8 Å². The number of rotatable bonds is 12. The molecule has 2 atom stereocenters.